The number of primary sulfonamides is 1. The van der Waals surface area contributed by atoms with Crippen molar-refractivity contribution in [2.24, 2.45) is 5.14 Å². The summed E-state index contributed by atoms with van der Waals surface area (Å²) in [7, 11) is -4.07. The van der Waals surface area contributed by atoms with Crippen molar-refractivity contribution in [2.75, 3.05) is 11.1 Å². The van der Waals surface area contributed by atoms with Gasteiger partial charge in [0.2, 0.25) is 10.0 Å². The first kappa shape index (κ1) is 11.2. The van der Waals surface area contributed by atoms with E-state index in [1.54, 1.807) is 0 Å². The predicted octanol–water partition coefficient (Wildman–Crippen LogP) is 0.630. The molecular weight excluding hydrogens is 233 g/mol. The summed E-state index contributed by atoms with van der Waals surface area (Å²) in [6.45, 7) is 0. The van der Waals surface area contributed by atoms with Crippen LogP contribution in [0, 0.1) is 5.82 Å². The Kier molecular flexibility index (Phi) is 2.51. The van der Waals surface area contributed by atoms with Crippen LogP contribution in [0.15, 0.2) is 17.0 Å². The molecule has 0 aromatic heterocycles. The van der Waals surface area contributed by atoms with Gasteiger partial charge in [-0.05, 0) is 18.9 Å². The van der Waals surface area contributed by atoms with E-state index in [0.29, 0.717) is 11.7 Å². The molecule has 0 amide bonds. The lowest BCUT2D eigenvalue weighted by molar-refractivity contribution is 0.568. The van der Waals surface area contributed by atoms with E-state index in [4.69, 9.17) is 10.9 Å². The molecule has 0 heterocycles. The third-order valence-electron chi connectivity index (χ3n) is 2.35. The van der Waals surface area contributed by atoms with E-state index >= 15 is 0 Å². The molecule has 0 unspecified atom stereocenters. The quantitative estimate of drug-likeness (QED) is 0.680. The molecule has 0 saturated heterocycles. The van der Waals surface area contributed by atoms with Crippen molar-refractivity contribution >= 4 is 21.4 Å². The van der Waals surface area contributed by atoms with Gasteiger partial charge in [0.1, 0.15) is 10.7 Å². The molecule has 5 N–H and O–H groups in total. The highest BCUT2D eigenvalue weighted by atomic mass is 32.2. The van der Waals surface area contributed by atoms with Crippen LogP contribution in [0.3, 0.4) is 0 Å². The van der Waals surface area contributed by atoms with E-state index in [2.05, 4.69) is 5.32 Å². The molecule has 0 aliphatic heterocycles. The smallest absolute Gasteiger partial charge is 0.241 e. The molecule has 2 rings (SSSR count). The number of sulfonamides is 1. The molecule has 5 nitrogen and oxygen atoms in total. The largest absolute Gasteiger partial charge is 0.397 e. The molecule has 7 heteroatoms. The summed E-state index contributed by atoms with van der Waals surface area (Å²) in [5.74, 6) is -0.889. The number of hydrogen-bond donors (Lipinski definition) is 3. The molecule has 1 fully saturated rings. The van der Waals surface area contributed by atoms with Gasteiger partial charge in [0.15, 0.2) is 0 Å². The Morgan fingerprint density at radius 2 is 2.00 bits per heavy atom. The standard InChI is InChI=1S/C9H12FN3O2S/c10-6-3-8(13-5-1-2-5)7(11)4-9(6)16(12,14)15/h3-5,13H,1-2,11H2,(H2,12,14,15). The summed E-state index contributed by atoms with van der Waals surface area (Å²) < 4.78 is 35.5. The summed E-state index contributed by atoms with van der Waals surface area (Å²) in [6.07, 6.45) is 2.02. The zero-order valence-corrected chi connectivity index (χ0v) is 9.22. The van der Waals surface area contributed by atoms with Crippen LogP contribution in [0.1, 0.15) is 12.8 Å². The van der Waals surface area contributed by atoms with Gasteiger partial charge in [-0.3, -0.25) is 0 Å². The topological polar surface area (TPSA) is 98.2 Å². The number of rotatable bonds is 3. The van der Waals surface area contributed by atoms with Crippen molar-refractivity contribution in [1.29, 1.82) is 0 Å². The maximum atomic E-state index is 13.4. The second kappa shape index (κ2) is 3.60. The van der Waals surface area contributed by atoms with Crippen molar-refractivity contribution in [1.82, 2.24) is 0 Å². The van der Waals surface area contributed by atoms with Gasteiger partial charge in [-0.2, -0.15) is 0 Å². The van der Waals surface area contributed by atoms with Gasteiger partial charge in [-0.15, -0.1) is 0 Å². The molecule has 0 atom stereocenters. The van der Waals surface area contributed by atoms with Crippen molar-refractivity contribution < 1.29 is 12.8 Å². The predicted molar refractivity (Wildman–Crippen MR) is 58.8 cm³/mol. The molecular formula is C9H12FN3O2S. The zero-order chi connectivity index (χ0) is 11.9. The Morgan fingerprint density at radius 1 is 1.38 bits per heavy atom. The molecule has 16 heavy (non-hydrogen) atoms. The minimum atomic E-state index is -4.07. The van der Waals surface area contributed by atoms with Crippen LogP contribution in [0.5, 0.6) is 0 Å². The monoisotopic (exact) mass is 245 g/mol. The van der Waals surface area contributed by atoms with E-state index in [-0.39, 0.29) is 5.69 Å². The fourth-order valence-electron chi connectivity index (χ4n) is 1.36. The Hall–Kier alpha value is -1.34. The Morgan fingerprint density at radius 3 is 2.50 bits per heavy atom. The molecule has 1 saturated carbocycles. The number of nitrogen functional groups attached to an aromatic ring is 1. The van der Waals surface area contributed by atoms with Crippen LogP contribution in [0.2, 0.25) is 0 Å². The summed E-state index contributed by atoms with van der Waals surface area (Å²) >= 11 is 0. The van der Waals surface area contributed by atoms with Gasteiger partial charge >= 0.3 is 0 Å². The van der Waals surface area contributed by atoms with Crippen molar-refractivity contribution in [2.45, 2.75) is 23.8 Å². The van der Waals surface area contributed by atoms with E-state index in [9.17, 15) is 12.8 Å². The fourth-order valence-corrected chi connectivity index (χ4v) is 1.98. The molecule has 88 valence electrons. The minimum absolute atomic E-state index is 0.178. The van der Waals surface area contributed by atoms with Crippen molar-refractivity contribution in [3.05, 3.63) is 17.9 Å². The highest BCUT2D eigenvalue weighted by molar-refractivity contribution is 7.89. The van der Waals surface area contributed by atoms with Crippen LogP contribution < -0.4 is 16.2 Å². The SMILES string of the molecule is Nc1cc(S(N)(=O)=O)c(F)cc1NC1CC1. The third-order valence-corrected chi connectivity index (χ3v) is 3.27. The third kappa shape index (κ3) is 2.25. The average Bonchev–Trinajstić information content (AvgIpc) is 2.92. The molecule has 1 aromatic rings. The summed E-state index contributed by atoms with van der Waals surface area (Å²) in [6, 6.07) is 2.41. The molecule has 0 spiro atoms. The average molecular weight is 245 g/mol. The summed E-state index contributed by atoms with van der Waals surface area (Å²) in [5, 5.41) is 7.85. The number of anilines is 2. The van der Waals surface area contributed by atoms with Gasteiger partial charge in [-0.25, -0.2) is 17.9 Å². The highest BCUT2D eigenvalue weighted by Gasteiger charge is 2.23. The normalized spacial score (nSPS) is 16.1. The highest BCUT2D eigenvalue weighted by Crippen LogP contribution is 2.30. The summed E-state index contributed by atoms with van der Waals surface area (Å²) in [5.41, 5.74) is 6.20. The lowest BCUT2D eigenvalue weighted by Crippen LogP contribution is -2.15. The minimum Gasteiger partial charge on any atom is -0.397 e. The lowest BCUT2D eigenvalue weighted by Gasteiger charge is -2.10. The van der Waals surface area contributed by atoms with Crippen LogP contribution in [0.4, 0.5) is 15.8 Å². The van der Waals surface area contributed by atoms with Gasteiger partial charge in [0, 0.05) is 12.1 Å². The number of nitrogens with two attached hydrogens (primary N) is 2. The zero-order valence-electron chi connectivity index (χ0n) is 8.40. The Bertz CT molecular complexity index is 526. The van der Waals surface area contributed by atoms with E-state index in [1.165, 1.54) is 0 Å². The second-order valence-electron chi connectivity index (χ2n) is 3.83. The second-order valence-corrected chi connectivity index (χ2v) is 5.36. The molecule has 1 aliphatic rings. The van der Waals surface area contributed by atoms with Crippen LogP contribution >= 0.6 is 0 Å². The van der Waals surface area contributed by atoms with Gasteiger partial charge < -0.3 is 11.1 Å². The van der Waals surface area contributed by atoms with Gasteiger partial charge in [0.05, 0.1) is 11.4 Å². The number of hydrogen-bond acceptors (Lipinski definition) is 4. The first-order valence-electron chi connectivity index (χ1n) is 4.76. The van der Waals surface area contributed by atoms with Crippen molar-refractivity contribution in [3.63, 3.8) is 0 Å². The number of nitrogens with one attached hydrogen (secondary N) is 1. The van der Waals surface area contributed by atoms with Crippen LogP contribution in [0.25, 0.3) is 0 Å². The first-order chi connectivity index (χ1) is 7.38. The number of benzene rings is 1. The van der Waals surface area contributed by atoms with E-state index in [0.717, 1.165) is 25.0 Å². The van der Waals surface area contributed by atoms with Crippen LogP contribution in [-0.2, 0) is 10.0 Å². The molecule has 1 aromatic carbocycles. The van der Waals surface area contributed by atoms with Crippen LogP contribution in [-0.4, -0.2) is 14.5 Å². The Balaban J connectivity index is 2.41. The molecule has 0 bridgehead atoms. The summed E-state index contributed by atoms with van der Waals surface area (Å²) in [4.78, 5) is -0.577. The lowest BCUT2D eigenvalue weighted by atomic mass is 10.2. The molecule has 0 radical (unpaired) electrons. The maximum absolute atomic E-state index is 13.4. The Labute approximate surface area is 92.7 Å². The van der Waals surface area contributed by atoms with E-state index in [1.807, 2.05) is 0 Å². The maximum Gasteiger partial charge on any atom is 0.241 e. The fraction of sp³-hybridized carbons (Fsp3) is 0.333. The number of halogens is 1. The van der Waals surface area contributed by atoms with Crippen molar-refractivity contribution in [3.8, 4) is 0 Å². The van der Waals surface area contributed by atoms with Gasteiger partial charge in [-0.1, -0.05) is 0 Å². The van der Waals surface area contributed by atoms with E-state index < -0.39 is 20.7 Å². The van der Waals surface area contributed by atoms with Gasteiger partial charge in [0.25, 0.3) is 0 Å². The first-order valence-corrected chi connectivity index (χ1v) is 6.31. The molecule has 1 aliphatic carbocycles.